The van der Waals surface area contributed by atoms with Crippen LogP contribution in [0.2, 0.25) is 0 Å². The van der Waals surface area contributed by atoms with E-state index in [9.17, 15) is 4.79 Å². The summed E-state index contributed by atoms with van der Waals surface area (Å²) in [5.41, 5.74) is 1.73. The highest BCUT2D eigenvalue weighted by atomic mass is 32.2. The predicted octanol–water partition coefficient (Wildman–Crippen LogP) is 3.98. The molecule has 2 aromatic rings. The van der Waals surface area contributed by atoms with Crippen molar-refractivity contribution in [1.82, 2.24) is 0 Å². The highest BCUT2D eigenvalue weighted by Crippen LogP contribution is 2.24. The first-order valence-corrected chi connectivity index (χ1v) is 9.08. The Hall–Kier alpha value is -0.980. The molecule has 2 rings (SSSR count). The molecule has 6 heteroatoms. The van der Waals surface area contributed by atoms with Crippen molar-refractivity contribution in [2.75, 3.05) is 37.1 Å². The molecule has 1 N–H and O–H groups in total. The van der Waals surface area contributed by atoms with Crippen molar-refractivity contribution >= 4 is 39.3 Å². The van der Waals surface area contributed by atoms with Gasteiger partial charge in [-0.1, -0.05) is 13.8 Å². The van der Waals surface area contributed by atoms with Gasteiger partial charge in [0.25, 0.3) is 0 Å². The smallest absolute Gasteiger partial charge is 0.204 e. The van der Waals surface area contributed by atoms with Crippen LogP contribution in [0.1, 0.15) is 19.4 Å². The van der Waals surface area contributed by atoms with Gasteiger partial charge in [0.2, 0.25) is 5.43 Å². The van der Waals surface area contributed by atoms with Gasteiger partial charge in [-0.2, -0.15) is 11.8 Å². The average Bonchev–Trinajstić information content (AvgIpc) is 2.87. The van der Waals surface area contributed by atoms with E-state index in [1.54, 1.807) is 18.9 Å². The Balaban J connectivity index is 0.00000106. The van der Waals surface area contributed by atoms with Gasteiger partial charge in [-0.3, -0.25) is 4.79 Å². The summed E-state index contributed by atoms with van der Waals surface area (Å²) in [4.78, 5) is 11.9. The largest absolute Gasteiger partial charge is 0.439 e. The third kappa shape index (κ3) is 5.37. The number of thioether (sulfide) groups is 1. The van der Waals surface area contributed by atoms with E-state index >= 15 is 0 Å². The Labute approximate surface area is 133 Å². The molecule has 0 saturated heterocycles. The molecule has 0 amide bonds. The van der Waals surface area contributed by atoms with Crippen LogP contribution in [0.15, 0.2) is 20.7 Å². The van der Waals surface area contributed by atoms with Crippen LogP contribution in [0.25, 0.3) is 10.3 Å². The van der Waals surface area contributed by atoms with Crippen molar-refractivity contribution in [3.05, 3.63) is 27.2 Å². The van der Waals surface area contributed by atoms with Crippen LogP contribution < -0.4 is 10.7 Å². The standard InChI is InChI=1S/C13H17NO3S2.C2H6/c1-9-8-19-13-10(15)7-11(17-12(9)13)14-3-5-18-6-4-16-2;1-2/h7-8,14H,3-6H2,1-2H3;1-2H3. The van der Waals surface area contributed by atoms with Crippen molar-refractivity contribution in [2.24, 2.45) is 0 Å². The number of thiophene rings is 1. The molecular weight excluding hydrogens is 306 g/mol. The van der Waals surface area contributed by atoms with Crippen molar-refractivity contribution in [1.29, 1.82) is 0 Å². The SMILES string of the molecule is CC.COCCSCCNc1cc(=O)c2scc(C)c2o1. The van der Waals surface area contributed by atoms with E-state index in [0.29, 0.717) is 16.2 Å². The minimum Gasteiger partial charge on any atom is -0.439 e. The number of hydrogen-bond acceptors (Lipinski definition) is 6. The molecule has 0 aromatic carbocycles. The molecule has 0 spiro atoms. The van der Waals surface area contributed by atoms with E-state index in [0.717, 1.165) is 30.2 Å². The van der Waals surface area contributed by atoms with Crippen molar-refractivity contribution < 1.29 is 9.15 Å². The van der Waals surface area contributed by atoms with Crippen molar-refractivity contribution in [3.8, 4) is 0 Å². The molecule has 0 aliphatic carbocycles. The van der Waals surface area contributed by atoms with Gasteiger partial charge in [-0.05, 0) is 12.3 Å². The van der Waals surface area contributed by atoms with Gasteiger partial charge >= 0.3 is 0 Å². The maximum Gasteiger partial charge on any atom is 0.204 e. The quantitative estimate of drug-likeness (QED) is 0.779. The molecule has 118 valence electrons. The predicted molar refractivity (Wildman–Crippen MR) is 94.1 cm³/mol. The second-order valence-electron chi connectivity index (χ2n) is 4.08. The number of ether oxygens (including phenoxy) is 1. The maximum atomic E-state index is 11.9. The van der Waals surface area contributed by atoms with Crippen molar-refractivity contribution in [3.63, 3.8) is 0 Å². The summed E-state index contributed by atoms with van der Waals surface area (Å²) in [5.74, 6) is 2.48. The number of anilines is 1. The van der Waals surface area contributed by atoms with Crippen LogP contribution in [0.3, 0.4) is 0 Å². The zero-order valence-corrected chi connectivity index (χ0v) is 14.7. The lowest BCUT2D eigenvalue weighted by molar-refractivity contribution is 0.218. The van der Waals surface area contributed by atoms with Crippen molar-refractivity contribution in [2.45, 2.75) is 20.8 Å². The molecule has 0 saturated carbocycles. The molecule has 2 aromatic heterocycles. The minimum atomic E-state index is 0.0221. The molecule has 21 heavy (non-hydrogen) atoms. The zero-order chi connectivity index (χ0) is 15.7. The van der Waals surface area contributed by atoms with Gasteiger partial charge in [0.05, 0.1) is 6.61 Å². The summed E-state index contributed by atoms with van der Waals surface area (Å²) in [6.07, 6.45) is 0. The highest BCUT2D eigenvalue weighted by molar-refractivity contribution is 7.99. The zero-order valence-electron chi connectivity index (χ0n) is 13.0. The lowest BCUT2D eigenvalue weighted by Gasteiger charge is -2.05. The van der Waals surface area contributed by atoms with E-state index in [4.69, 9.17) is 9.15 Å². The van der Waals surface area contributed by atoms with Gasteiger partial charge in [0, 0.05) is 36.8 Å². The maximum absolute atomic E-state index is 11.9. The van der Waals surface area contributed by atoms with Crippen LogP contribution >= 0.6 is 23.1 Å². The van der Waals surface area contributed by atoms with Crippen LogP contribution in [-0.4, -0.2) is 31.8 Å². The lowest BCUT2D eigenvalue weighted by atomic mass is 10.3. The van der Waals surface area contributed by atoms with Gasteiger partial charge in [0.15, 0.2) is 11.5 Å². The molecule has 0 bridgehead atoms. The Morgan fingerprint density at radius 1 is 1.38 bits per heavy atom. The summed E-state index contributed by atoms with van der Waals surface area (Å²) in [6, 6.07) is 1.53. The molecule has 0 radical (unpaired) electrons. The van der Waals surface area contributed by atoms with E-state index in [-0.39, 0.29) is 5.43 Å². The molecule has 4 nitrogen and oxygen atoms in total. The fourth-order valence-electron chi connectivity index (χ4n) is 1.63. The number of fused-ring (bicyclic) bond motifs is 1. The molecule has 0 atom stereocenters. The molecule has 0 fully saturated rings. The Bertz CT molecular complexity index is 592. The fraction of sp³-hybridized carbons (Fsp3) is 0.533. The first kappa shape index (κ1) is 18.1. The molecule has 0 aliphatic heterocycles. The molecule has 2 heterocycles. The van der Waals surface area contributed by atoms with Crippen LogP contribution in [0.5, 0.6) is 0 Å². The normalized spacial score (nSPS) is 10.3. The molecule has 0 aliphatic rings. The molecule has 0 unspecified atom stereocenters. The third-order valence-electron chi connectivity index (χ3n) is 2.59. The topological polar surface area (TPSA) is 51.5 Å². The summed E-state index contributed by atoms with van der Waals surface area (Å²) in [7, 11) is 1.70. The van der Waals surface area contributed by atoms with Gasteiger partial charge in [-0.15, -0.1) is 11.3 Å². The Kier molecular flexibility index (Phi) is 8.49. The minimum absolute atomic E-state index is 0.0221. The van der Waals surface area contributed by atoms with E-state index in [2.05, 4.69) is 5.32 Å². The highest BCUT2D eigenvalue weighted by Gasteiger charge is 2.08. The summed E-state index contributed by atoms with van der Waals surface area (Å²) in [6.45, 7) is 7.48. The number of rotatable bonds is 7. The summed E-state index contributed by atoms with van der Waals surface area (Å²) in [5, 5.41) is 5.09. The lowest BCUT2D eigenvalue weighted by Crippen LogP contribution is -2.08. The summed E-state index contributed by atoms with van der Waals surface area (Å²) < 4.78 is 11.4. The fourth-order valence-corrected chi connectivity index (χ4v) is 3.25. The Morgan fingerprint density at radius 2 is 2.14 bits per heavy atom. The average molecular weight is 329 g/mol. The first-order valence-electron chi connectivity index (χ1n) is 7.05. The van der Waals surface area contributed by atoms with Gasteiger partial charge in [0.1, 0.15) is 4.70 Å². The second-order valence-corrected chi connectivity index (χ2v) is 6.19. The van der Waals surface area contributed by atoms with E-state index in [1.807, 2.05) is 26.2 Å². The number of nitrogens with one attached hydrogen (secondary N) is 1. The second kappa shape index (κ2) is 9.87. The number of methoxy groups -OCH3 is 1. The van der Waals surface area contributed by atoms with Crippen LogP contribution in [0.4, 0.5) is 5.88 Å². The summed E-state index contributed by atoms with van der Waals surface area (Å²) >= 11 is 3.24. The number of aryl methyl sites for hydroxylation is 1. The third-order valence-corrected chi connectivity index (χ3v) is 4.64. The molecular formula is C15H23NO3S2. The Morgan fingerprint density at radius 3 is 2.86 bits per heavy atom. The van der Waals surface area contributed by atoms with E-state index in [1.165, 1.54) is 17.4 Å². The van der Waals surface area contributed by atoms with Crippen LogP contribution in [0, 0.1) is 6.92 Å². The van der Waals surface area contributed by atoms with Gasteiger partial charge < -0.3 is 14.5 Å². The monoisotopic (exact) mass is 329 g/mol. The number of hydrogen-bond donors (Lipinski definition) is 1. The first-order chi connectivity index (χ1) is 10.2. The van der Waals surface area contributed by atoms with E-state index < -0.39 is 0 Å². The van der Waals surface area contributed by atoms with Crippen LogP contribution in [-0.2, 0) is 4.74 Å². The van der Waals surface area contributed by atoms with Gasteiger partial charge in [-0.25, -0.2) is 0 Å².